The van der Waals surface area contributed by atoms with Gasteiger partial charge in [-0.25, -0.2) is 0 Å². The van der Waals surface area contributed by atoms with Gasteiger partial charge in [-0.05, 0) is 42.2 Å². The van der Waals surface area contributed by atoms with E-state index in [0.717, 1.165) is 11.8 Å². The Balaban J connectivity index is 1.50. The summed E-state index contributed by atoms with van der Waals surface area (Å²) in [7, 11) is 0. The van der Waals surface area contributed by atoms with E-state index in [-0.39, 0.29) is 0 Å². The van der Waals surface area contributed by atoms with Gasteiger partial charge in [-0.3, -0.25) is 0 Å². The molecule has 1 aliphatic carbocycles. The van der Waals surface area contributed by atoms with Crippen LogP contribution in [0.15, 0.2) is 60.7 Å². The molecular weight excluding hydrogens is 296 g/mol. The number of hydrogen-bond donors (Lipinski definition) is 0. The monoisotopic (exact) mass is 314 g/mol. The van der Waals surface area contributed by atoms with E-state index >= 15 is 0 Å². The van der Waals surface area contributed by atoms with Gasteiger partial charge in [0.1, 0.15) is 0 Å². The van der Waals surface area contributed by atoms with Gasteiger partial charge in [-0.15, -0.1) is 0 Å². The molecule has 19 heavy (non-hydrogen) atoms. The van der Waals surface area contributed by atoms with Crippen LogP contribution in [-0.2, 0) is 0 Å². The van der Waals surface area contributed by atoms with E-state index in [1.807, 2.05) is 0 Å². The van der Waals surface area contributed by atoms with Gasteiger partial charge in [0.25, 0.3) is 0 Å². The molecule has 0 heterocycles. The summed E-state index contributed by atoms with van der Waals surface area (Å²) in [6, 6.07) is 21.7. The third-order valence-corrected chi connectivity index (χ3v) is 5.09. The molecule has 0 N–H and O–H groups in total. The largest absolute Gasteiger partial charge is 0.0839 e. The van der Waals surface area contributed by atoms with Crippen molar-refractivity contribution in [1.29, 1.82) is 0 Å². The van der Waals surface area contributed by atoms with Crippen LogP contribution in [0.4, 0.5) is 0 Å². The van der Waals surface area contributed by atoms with Crippen molar-refractivity contribution in [3.63, 3.8) is 0 Å². The Morgan fingerprint density at radius 1 is 0.947 bits per heavy atom. The maximum absolute atomic E-state index is 3.82. The maximum atomic E-state index is 3.82. The lowest BCUT2D eigenvalue weighted by molar-refractivity contribution is 0.647. The third kappa shape index (κ3) is 3.27. The van der Waals surface area contributed by atoms with E-state index in [0.29, 0.717) is 4.83 Å². The fourth-order valence-electron chi connectivity index (χ4n) is 2.86. The summed E-state index contributed by atoms with van der Waals surface area (Å²) >= 11 is 3.82. The normalized spacial score (nSPS) is 23.0. The lowest BCUT2D eigenvalue weighted by Gasteiger charge is -2.09. The van der Waals surface area contributed by atoms with E-state index in [2.05, 4.69) is 76.6 Å². The number of alkyl halides is 1. The van der Waals surface area contributed by atoms with Crippen molar-refractivity contribution in [2.45, 2.75) is 30.0 Å². The molecule has 3 rings (SSSR count). The van der Waals surface area contributed by atoms with Crippen LogP contribution in [0.5, 0.6) is 0 Å². The molecule has 0 radical (unpaired) electrons. The quantitative estimate of drug-likeness (QED) is 0.620. The average Bonchev–Trinajstić information content (AvgIpc) is 3.26. The zero-order valence-corrected chi connectivity index (χ0v) is 12.6. The zero-order valence-electron chi connectivity index (χ0n) is 11.0. The van der Waals surface area contributed by atoms with Crippen LogP contribution in [0.25, 0.3) is 0 Å². The molecule has 2 aromatic rings. The summed E-state index contributed by atoms with van der Waals surface area (Å²) < 4.78 is 0. The fourth-order valence-corrected chi connectivity index (χ4v) is 3.43. The van der Waals surface area contributed by atoms with E-state index in [1.54, 1.807) is 0 Å². The minimum atomic E-state index is 0.505. The first-order chi connectivity index (χ1) is 9.34. The number of hydrogen-bond acceptors (Lipinski definition) is 0. The van der Waals surface area contributed by atoms with Crippen LogP contribution < -0.4 is 0 Å². The van der Waals surface area contributed by atoms with Crippen LogP contribution in [0.2, 0.25) is 0 Å². The Morgan fingerprint density at radius 2 is 1.58 bits per heavy atom. The third-order valence-electron chi connectivity index (χ3n) is 4.10. The number of halogens is 1. The van der Waals surface area contributed by atoms with Crippen LogP contribution in [0.3, 0.4) is 0 Å². The van der Waals surface area contributed by atoms with E-state index < -0.39 is 0 Å². The second kappa shape index (κ2) is 5.92. The summed E-state index contributed by atoms with van der Waals surface area (Å²) in [6.45, 7) is 0. The lowest BCUT2D eigenvalue weighted by atomic mass is 10.0. The van der Waals surface area contributed by atoms with Gasteiger partial charge in [0.05, 0.1) is 0 Å². The molecule has 0 aromatic heterocycles. The molecule has 2 aromatic carbocycles. The van der Waals surface area contributed by atoms with Crippen LogP contribution in [0.1, 0.15) is 41.1 Å². The topological polar surface area (TPSA) is 0 Å². The Bertz CT molecular complexity index is 506. The summed E-state index contributed by atoms with van der Waals surface area (Å²) in [5.41, 5.74) is 2.93. The molecule has 3 atom stereocenters. The van der Waals surface area contributed by atoms with Gasteiger partial charge in [0, 0.05) is 4.83 Å². The molecule has 1 fully saturated rings. The van der Waals surface area contributed by atoms with Gasteiger partial charge < -0.3 is 0 Å². The molecule has 0 spiro atoms. The first kappa shape index (κ1) is 12.9. The van der Waals surface area contributed by atoms with Gasteiger partial charge in [-0.1, -0.05) is 76.6 Å². The molecule has 1 heteroatoms. The summed E-state index contributed by atoms with van der Waals surface area (Å²) in [5.74, 6) is 1.71. The summed E-state index contributed by atoms with van der Waals surface area (Å²) in [5, 5.41) is 0. The summed E-state index contributed by atoms with van der Waals surface area (Å²) in [6.07, 6.45) is 3.93. The summed E-state index contributed by atoms with van der Waals surface area (Å²) in [4.78, 5) is 0.505. The highest BCUT2D eigenvalue weighted by atomic mass is 79.9. The smallest absolute Gasteiger partial charge is 0.0395 e. The number of rotatable bonds is 5. The van der Waals surface area contributed by atoms with Gasteiger partial charge >= 0.3 is 0 Å². The molecule has 0 nitrogen and oxygen atoms in total. The molecule has 98 valence electrons. The number of benzene rings is 2. The Hall–Kier alpha value is -1.08. The average molecular weight is 315 g/mol. The SMILES string of the molecule is BrC(CCC1CC1c1ccccc1)c1ccccc1. The highest BCUT2D eigenvalue weighted by molar-refractivity contribution is 9.09. The molecule has 0 aliphatic heterocycles. The molecule has 1 aliphatic rings. The standard InChI is InChI=1S/C18H19Br/c19-18(15-9-5-2-6-10-15)12-11-16-13-17(16)14-7-3-1-4-8-14/h1-10,16-18H,11-13H2. The predicted molar refractivity (Wildman–Crippen MR) is 84.6 cm³/mol. The Labute approximate surface area is 124 Å². The van der Waals surface area contributed by atoms with Crippen molar-refractivity contribution in [1.82, 2.24) is 0 Å². The van der Waals surface area contributed by atoms with Crippen molar-refractivity contribution in [2.24, 2.45) is 5.92 Å². The predicted octanol–water partition coefficient (Wildman–Crippen LogP) is 5.71. The lowest BCUT2D eigenvalue weighted by Crippen LogP contribution is -1.91. The molecular formula is C18H19Br. The zero-order chi connectivity index (χ0) is 13.1. The van der Waals surface area contributed by atoms with Crippen molar-refractivity contribution in [3.8, 4) is 0 Å². The minimum Gasteiger partial charge on any atom is -0.0839 e. The highest BCUT2D eigenvalue weighted by Crippen LogP contribution is 2.51. The van der Waals surface area contributed by atoms with Crippen LogP contribution in [0, 0.1) is 5.92 Å². The second-order valence-corrected chi connectivity index (χ2v) is 6.57. The molecule has 0 saturated heterocycles. The van der Waals surface area contributed by atoms with Gasteiger partial charge in [-0.2, -0.15) is 0 Å². The van der Waals surface area contributed by atoms with Gasteiger partial charge in [0.15, 0.2) is 0 Å². The Morgan fingerprint density at radius 3 is 2.26 bits per heavy atom. The second-order valence-electron chi connectivity index (χ2n) is 5.47. The van der Waals surface area contributed by atoms with Gasteiger partial charge in [0.2, 0.25) is 0 Å². The molecule has 3 unspecified atom stereocenters. The van der Waals surface area contributed by atoms with Crippen LogP contribution >= 0.6 is 15.9 Å². The van der Waals surface area contributed by atoms with Crippen molar-refractivity contribution in [2.75, 3.05) is 0 Å². The molecule has 0 bridgehead atoms. The molecule has 1 saturated carbocycles. The molecule has 0 amide bonds. The van der Waals surface area contributed by atoms with E-state index in [1.165, 1.54) is 30.4 Å². The fraction of sp³-hybridized carbons (Fsp3) is 0.333. The first-order valence-electron chi connectivity index (χ1n) is 7.08. The maximum Gasteiger partial charge on any atom is 0.0395 e. The van der Waals surface area contributed by atoms with Crippen molar-refractivity contribution < 1.29 is 0 Å². The first-order valence-corrected chi connectivity index (χ1v) is 8.00. The van der Waals surface area contributed by atoms with E-state index in [9.17, 15) is 0 Å². The van der Waals surface area contributed by atoms with Crippen molar-refractivity contribution in [3.05, 3.63) is 71.8 Å². The van der Waals surface area contributed by atoms with Crippen molar-refractivity contribution >= 4 is 15.9 Å². The highest BCUT2D eigenvalue weighted by Gasteiger charge is 2.37. The van der Waals surface area contributed by atoms with E-state index in [4.69, 9.17) is 0 Å². The minimum absolute atomic E-state index is 0.505. The Kier molecular flexibility index (Phi) is 4.03. The van der Waals surface area contributed by atoms with Crippen LogP contribution in [-0.4, -0.2) is 0 Å².